The number of piperidine rings is 1. The van der Waals surface area contributed by atoms with Crippen LogP contribution in [0.15, 0.2) is 48.5 Å². The van der Waals surface area contributed by atoms with Crippen LogP contribution in [0.25, 0.3) is 0 Å². The van der Waals surface area contributed by atoms with Crippen molar-refractivity contribution < 1.29 is 14.0 Å². The Morgan fingerprint density at radius 1 is 0.970 bits per heavy atom. The Kier molecular flexibility index (Phi) is 7.43. The zero-order valence-electron chi connectivity index (χ0n) is 19.7. The number of rotatable bonds is 3. The van der Waals surface area contributed by atoms with Gasteiger partial charge in [0.2, 0.25) is 11.8 Å². The Morgan fingerprint density at radius 2 is 1.70 bits per heavy atom. The highest BCUT2D eigenvalue weighted by molar-refractivity contribution is 5.94. The molecule has 2 bridgehead atoms. The van der Waals surface area contributed by atoms with Crippen LogP contribution in [0.3, 0.4) is 0 Å². The first kappa shape index (κ1) is 23.4. The second-order valence-corrected chi connectivity index (χ2v) is 9.30. The number of hydrogen-bond acceptors (Lipinski definition) is 3. The van der Waals surface area contributed by atoms with Crippen molar-refractivity contribution in [2.75, 3.05) is 25.0 Å². The summed E-state index contributed by atoms with van der Waals surface area (Å²) < 4.78 is 13.3. The molecule has 0 aromatic heterocycles. The summed E-state index contributed by atoms with van der Waals surface area (Å²) in [6, 6.07) is 14.8. The summed E-state index contributed by atoms with van der Waals surface area (Å²) in [6.45, 7) is 3.70. The summed E-state index contributed by atoms with van der Waals surface area (Å²) in [4.78, 5) is 32.7. The molecule has 2 atom stereocenters. The number of hydrogen-bond donors (Lipinski definition) is 0. The van der Waals surface area contributed by atoms with E-state index < -0.39 is 0 Å². The molecule has 2 unspecified atom stereocenters. The van der Waals surface area contributed by atoms with Gasteiger partial charge in [0.25, 0.3) is 0 Å². The van der Waals surface area contributed by atoms with E-state index in [1.165, 1.54) is 12.1 Å². The molecular weight excluding hydrogens is 417 g/mol. The molecule has 2 aliphatic heterocycles. The van der Waals surface area contributed by atoms with E-state index in [1.807, 2.05) is 41.0 Å². The second-order valence-electron chi connectivity index (χ2n) is 9.30. The van der Waals surface area contributed by atoms with Crippen molar-refractivity contribution in [2.45, 2.75) is 64.1 Å². The van der Waals surface area contributed by atoms with Crippen molar-refractivity contribution in [1.29, 1.82) is 0 Å². The van der Waals surface area contributed by atoms with E-state index in [4.69, 9.17) is 0 Å². The molecule has 2 aromatic carbocycles. The minimum atomic E-state index is -0.300. The molecule has 0 radical (unpaired) electrons. The third kappa shape index (κ3) is 5.44. The van der Waals surface area contributed by atoms with Gasteiger partial charge in [0.1, 0.15) is 5.82 Å². The highest BCUT2D eigenvalue weighted by Gasteiger charge is 2.32. The lowest BCUT2D eigenvalue weighted by molar-refractivity contribution is -0.132. The molecule has 0 spiro atoms. The Labute approximate surface area is 196 Å². The summed E-state index contributed by atoms with van der Waals surface area (Å²) in [5.74, 6) is -0.161. The van der Waals surface area contributed by atoms with Crippen molar-refractivity contribution in [2.24, 2.45) is 0 Å². The summed E-state index contributed by atoms with van der Waals surface area (Å²) in [7, 11) is 2.16. The Hall–Kier alpha value is -2.73. The fourth-order valence-electron chi connectivity index (χ4n) is 5.22. The number of fused-ring (bicyclic) bond motifs is 3. The molecule has 0 N–H and O–H groups in total. The van der Waals surface area contributed by atoms with Crippen molar-refractivity contribution in [3.05, 3.63) is 65.5 Å². The van der Waals surface area contributed by atoms with Crippen LogP contribution in [-0.2, 0) is 22.6 Å². The third-order valence-electron chi connectivity index (χ3n) is 7.21. The van der Waals surface area contributed by atoms with Crippen LogP contribution in [0, 0.1) is 5.82 Å². The maximum Gasteiger partial charge on any atom is 0.227 e. The van der Waals surface area contributed by atoms with Gasteiger partial charge in [-0.2, -0.15) is 0 Å². The van der Waals surface area contributed by atoms with Crippen molar-refractivity contribution in [3.8, 4) is 0 Å². The van der Waals surface area contributed by atoms with Crippen LogP contribution < -0.4 is 4.90 Å². The molecule has 2 aliphatic rings. The number of para-hydroxylation sites is 1. The maximum absolute atomic E-state index is 13.5. The molecule has 6 heteroatoms. The van der Waals surface area contributed by atoms with Crippen LogP contribution in [0.2, 0.25) is 0 Å². The topological polar surface area (TPSA) is 43.9 Å². The highest BCUT2D eigenvalue weighted by atomic mass is 19.1. The van der Waals surface area contributed by atoms with Gasteiger partial charge in [-0.1, -0.05) is 43.7 Å². The molecule has 2 amide bonds. The van der Waals surface area contributed by atoms with Crippen molar-refractivity contribution in [3.63, 3.8) is 0 Å². The zero-order valence-corrected chi connectivity index (χ0v) is 19.7. The Balaban J connectivity index is 1.68. The first-order valence-electron chi connectivity index (χ1n) is 12.1. The average Bonchev–Trinajstić information content (AvgIpc) is 2.83. The van der Waals surface area contributed by atoms with Gasteiger partial charge in [-0.3, -0.25) is 14.5 Å². The van der Waals surface area contributed by atoms with Gasteiger partial charge >= 0.3 is 0 Å². The monoisotopic (exact) mass is 451 g/mol. The van der Waals surface area contributed by atoms with E-state index in [2.05, 4.69) is 11.9 Å². The van der Waals surface area contributed by atoms with Gasteiger partial charge in [-0.25, -0.2) is 4.39 Å². The normalized spacial score (nSPS) is 21.8. The van der Waals surface area contributed by atoms with Crippen LogP contribution in [0.4, 0.5) is 10.1 Å². The molecule has 0 saturated carbocycles. The van der Waals surface area contributed by atoms with E-state index in [0.717, 1.165) is 42.5 Å². The Morgan fingerprint density at radius 3 is 2.45 bits per heavy atom. The molecule has 176 valence electrons. The molecule has 2 heterocycles. The first-order valence-corrected chi connectivity index (χ1v) is 12.1. The number of benzene rings is 2. The molecule has 5 nitrogen and oxygen atoms in total. The molecule has 33 heavy (non-hydrogen) atoms. The van der Waals surface area contributed by atoms with Crippen molar-refractivity contribution >= 4 is 17.5 Å². The third-order valence-corrected chi connectivity index (χ3v) is 7.21. The van der Waals surface area contributed by atoms with Crippen LogP contribution in [0.5, 0.6) is 0 Å². The number of nitrogens with zero attached hydrogens (tertiary/aromatic N) is 3. The number of carbonyl (C=O) groups is 2. The van der Waals surface area contributed by atoms with Gasteiger partial charge < -0.3 is 9.80 Å². The van der Waals surface area contributed by atoms with Crippen LogP contribution in [-0.4, -0.2) is 53.8 Å². The number of carbonyl (C=O) groups excluding carboxylic acids is 2. The highest BCUT2D eigenvalue weighted by Crippen LogP contribution is 2.30. The van der Waals surface area contributed by atoms with Gasteiger partial charge in [0.05, 0.1) is 6.42 Å². The summed E-state index contributed by atoms with van der Waals surface area (Å²) >= 11 is 0. The average molecular weight is 452 g/mol. The van der Waals surface area contributed by atoms with E-state index in [-0.39, 0.29) is 24.1 Å². The molecular formula is C27H34FN3O2. The molecule has 1 fully saturated rings. The van der Waals surface area contributed by atoms with Crippen molar-refractivity contribution in [1.82, 2.24) is 9.80 Å². The lowest BCUT2D eigenvalue weighted by Gasteiger charge is -2.42. The fourth-order valence-corrected chi connectivity index (χ4v) is 5.22. The number of likely N-dealkylation sites (N-methyl/N-ethyl adjacent to an activating group) is 1. The SMILES string of the molecule is CCC(=O)N1CCC2CCCC(CN(C(=O)Cc3ccc(F)cc3)Cc3ccccc31)N2C. The summed E-state index contributed by atoms with van der Waals surface area (Å²) in [6.07, 6.45) is 4.93. The van der Waals surface area contributed by atoms with Crippen LogP contribution in [0.1, 0.15) is 50.2 Å². The standard InChI is InChI=1S/C27H34FN3O2/c1-3-26(32)31-16-15-23-8-6-9-24(29(23)2)19-30(18-21-7-4-5-10-25(21)31)27(33)17-20-11-13-22(28)14-12-20/h4-5,7,10-14,23-24H,3,6,8-9,15-19H2,1-2H3. The van der Waals surface area contributed by atoms with E-state index in [1.54, 1.807) is 12.1 Å². The summed E-state index contributed by atoms with van der Waals surface area (Å²) in [5.41, 5.74) is 2.70. The molecule has 1 saturated heterocycles. The van der Waals surface area contributed by atoms with Gasteiger partial charge in [0, 0.05) is 43.8 Å². The largest absolute Gasteiger partial charge is 0.336 e. The number of halogens is 1. The zero-order chi connectivity index (χ0) is 23.4. The van der Waals surface area contributed by atoms with Gasteiger partial charge in [-0.15, -0.1) is 0 Å². The van der Waals surface area contributed by atoms with Gasteiger partial charge in [0.15, 0.2) is 0 Å². The summed E-state index contributed by atoms with van der Waals surface area (Å²) in [5, 5.41) is 0. The predicted octanol–water partition coefficient (Wildman–Crippen LogP) is 4.40. The number of anilines is 1. The second kappa shape index (κ2) is 10.5. The predicted molar refractivity (Wildman–Crippen MR) is 128 cm³/mol. The minimum absolute atomic E-state index is 0.0274. The fraction of sp³-hybridized carbons (Fsp3) is 0.481. The first-order chi connectivity index (χ1) is 16.0. The molecule has 0 aliphatic carbocycles. The lowest BCUT2D eigenvalue weighted by Crippen LogP contribution is -2.51. The number of amides is 2. The maximum atomic E-state index is 13.5. The minimum Gasteiger partial charge on any atom is -0.336 e. The lowest BCUT2D eigenvalue weighted by atomic mass is 9.93. The van der Waals surface area contributed by atoms with E-state index in [9.17, 15) is 14.0 Å². The molecule has 4 rings (SSSR count). The van der Waals surface area contributed by atoms with Gasteiger partial charge in [-0.05, 0) is 55.6 Å². The van der Waals surface area contributed by atoms with E-state index in [0.29, 0.717) is 38.1 Å². The smallest absolute Gasteiger partial charge is 0.227 e. The van der Waals surface area contributed by atoms with Crippen LogP contribution >= 0.6 is 0 Å². The quantitative estimate of drug-likeness (QED) is 0.695. The Bertz CT molecular complexity index is 978. The molecule has 2 aromatic rings. The van der Waals surface area contributed by atoms with E-state index >= 15 is 0 Å².